The standard InChI is InChI=1S/C19H20F3N/c1-23(2)14-8-12-16(15-9-4-3-5-10-15)17-11-6-7-13-18(17)19(20,21)22/h3-7,9-13H,8,14H2,1-2H3/b16-12+. The predicted octanol–water partition coefficient (Wildman–Crippen LogP) is 5.09. The third kappa shape index (κ3) is 4.70. The molecule has 0 unspecified atom stereocenters. The van der Waals surface area contributed by atoms with Crippen LogP contribution in [0.15, 0.2) is 60.7 Å². The van der Waals surface area contributed by atoms with Crippen LogP contribution in [0.2, 0.25) is 0 Å². The Bertz CT molecular complexity index is 658. The molecule has 0 aliphatic carbocycles. The first kappa shape index (κ1) is 17.3. The van der Waals surface area contributed by atoms with E-state index in [1.165, 1.54) is 12.1 Å². The zero-order chi connectivity index (χ0) is 16.9. The van der Waals surface area contributed by atoms with Gasteiger partial charge in [-0.1, -0.05) is 54.6 Å². The zero-order valence-electron chi connectivity index (χ0n) is 13.3. The number of hydrogen-bond donors (Lipinski definition) is 0. The van der Waals surface area contributed by atoms with Crippen molar-refractivity contribution in [3.8, 4) is 0 Å². The highest BCUT2D eigenvalue weighted by Crippen LogP contribution is 2.37. The Morgan fingerprint density at radius 1 is 0.957 bits per heavy atom. The highest BCUT2D eigenvalue weighted by molar-refractivity contribution is 5.81. The topological polar surface area (TPSA) is 3.24 Å². The second kappa shape index (κ2) is 7.47. The summed E-state index contributed by atoms with van der Waals surface area (Å²) in [5.74, 6) is 0. The summed E-state index contributed by atoms with van der Waals surface area (Å²) in [5, 5.41) is 0. The van der Waals surface area contributed by atoms with Crippen molar-refractivity contribution in [1.29, 1.82) is 0 Å². The average Bonchev–Trinajstić information content (AvgIpc) is 2.51. The first-order chi connectivity index (χ1) is 10.9. The normalized spacial score (nSPS) is 12.7. The smallest absolute Gasteiger partial charge is 0.309 e. The van der Waals surface area contributed by atoms with Crippen LogP contribution >= 0.6 is 0 Å². The Kier molecular flexibility index (Phi) is 5.61. The number of nitrogens with zero attached hydrogens (tertiary/aromatic N) is 1. The van der Waals surface area contributed by atoms with E-state index in [9.17, 15) is 13.2 Å². The van der Waals surface area contributed by atoms with E-state index in [1.807, 2.05) is 55.4 Å². The first-order valence-electron chi connectivity index (χ1n) is 7.46. The number of alkyl halides is 3. The summed E-state index contributed by atoms with van der Waals surface area (Å²) in [5.41, 5.74) is 1.05. The molecule has 0 fully saturated rings. The predicted molar refractivity (Wildman–Crippen MR) is 88.1 cm³/mol. The Morgan fingerprint density at radius 2 is 1.57 bits per heavy atom. The van der Waals surface area contributed by atoms with Gasteiger partial charge in [0, 0.05) is 6.54 Å². The highest BCUT2D eigenvalue weighted by Gasteiger charge is 2.33. The van der Waals surface area contributed by atoms with Crippen LogP contribution in [0.1, 0.15) is 23.1 Å². The van der Waals surface area contributed by atoms with Crippen molar-refractivity contribution in [2.75, 3.05) is 20.6 Å². The quantitative estimate of drug-likeness (QED) is 0.742. The maximum absolute atomic E-state index is 13.3. The molecule has 2 rings (SSSR count). The van der Waals surface area contributed by atoms with E-state index in [0.717, 1.165) is 18.2 Å². The van der Waals surface area contributed by atoms with Gasteiger partial charge in [0.25, 0.3) is 0 Å². The lowest BCUT2D eigenvalue weighted by Crippen LogP contribution is -2.12. The van der Waals surface area contributed by atoms with Crippen LogP contribution in [-0.4, -0.2) is 25.5 Å². The molecule has 0 bridgehead atoms. The van der Waals surface area contributed by atoms with Crippen LogP contribution in [-0.2, 0) is 6.18 Å². The minimum atomic E-state index is -4.37. The van der Waals surface area contributed by atoms with Gasteiger partial charge in [-0.05, 0) is 43.3 Å². The van der Waals surface area contributed by atoms with E-state index in [0.29, 0.717) is 12.0 Å². The monoisotopic (exact) mass is 319 g/mol. The molecule has 0 aromatic heterocycles. The van der Waals surface area contributed by atoms with Gasteiger partial charge >= 0.3 is 6.18 Å². The van der Waals surface area contributed by atoms with Crippen LogP contribution in [0.3, 0.4) is 0 Å². The third-order valence-electron chi connectivity index (χ3n) is 3.53. The SMILES string of the molecule is CN(C)CC/C=C(\c1ccccc1)c1ccccc1C(F)(F)F. The molecule has 23 heavy (non-hydrogen) atoms. The Morgan fingerprint density at radius 3 is 2.17 bits per heavy atom. The summed E-state index contributed by atoms with van der Waals surface area (Å²) in [6.07, 6.45) is -1.80. The molecule has 0 aliphatic rings. The molecule has 0 aliphatic heterocycles. The van der Waals surface area contributed by atoms with Gasteiger partial charge in [-0.15, -0.1) is 0 Å². The molecule has 4 heteroatoms. The Balaban J connectivity index is 2.51. The molecule has 0 N–H and O–H groups in total. The molecule has 0 saturated heterocycles. The van der Waals surface area contributed by atoms with Crippen molar-refractivity contribution in [2.24, 2.45) is 0 Å². The highest BCUT2D eigenvalue weighted by atomic mass is 19.4. The molecule has 0 heterocycles. The molecule has 122 valence electrons. The molecule has 0 radical (unpaired) electrons. The van der Waals surface area contributed by atoms with Gasteiger partial charge in [0.2, 0.25) is 0 Å². The van der Waals surface area contributed by atoms with E-state index in [4.69, 9.17) is 0 Å². The molecule has 0 spiro atoms. The van der Waals surface area contributed by atoms with E-state index in [1.54, 1.807) is 6.07 Å². The third-order valence-corrected chi connectivity index (χ3v) is 3.53. The summed E-state index contributed by atoms with van der Waals surface area (Å²) in [4.78, 5) is 2.01. The van der Waals surface area contributed by atoms with Gasteiger partial charge < -0.3 is 4.90 Å². The second-order valence-corrected chi connectivity index (χ2v) is 5.62. The number of benzene rings is 2. The van der Waals surface area contributed by atoms with Gasteiger partial charge in [0.15, 0.2) is 0 Å². The van der Waals surface area contributed by atoms with Crippen LogP contribution in [0.4, 0.5) is 13.2 Å². The fourth-order valence-corrected chi connectivity index (χ4v) is 2.43. The van der Waals surface area contributed by atoms with E-state index in [-0.39, 0.29) is 5.56 Å². The molecular weight excluding hydrogens is 299 g/mol. The Labute approximate surface area is 135 Å². The van der Waals surface area contributed by atoms with Crippen LogP contribution in [0.5, 0.6) is 0 Å². The van der Waals surface area contributed by atoms with Gasteiger partial charge in [-0.25, -0.2) is 0 Å². The van der Waals surface area contributed by atoms with E-state index >= 15 is 0 Å². The number of hydrogen-bond acceptors (Lipinski definition) is 1. The fourth-order valence-electron chi connectivity index (χ4n) is 2.43. The van der Waals surface area contributed by atoms with Gasteiger partial charge in [0.05, 0.1) is 5.56 Å². The molecule has 2 aromatic carbocycles. The maximum atomic E-state index is 13.3. The Hall–Kier alpha value is -2.07. The lowest BCUT2D eigenvalue weighted by Gasteiger charge is -2.16. The maximum Gasteiger partial charge on any atom is 0.417 e. The summed E-state index contributed by atoms with van der Waals surface area (Å²) in [7, 11) is 3.89. The van der Waals surface area contributed by atoms with Crippen molar-refractivity contribution >= 4 is 5.57 Å². The molecule has 0 saturated carbocycles. The van der Waals surface area contributed by atoms with Gasteiger partial charge in [-0.3, -0.25) is 0 Å². The lowest BCUT2D eigenvalue weighted by atomic mass is 9.92. The van der Waals surface area contributed by atoms with Crippen molar-refractivity contribution in [1.82, 2.24) is 4.90 Å². The molecule has 2 aromatic rings. The summed E-state index contributed by atoms with van der Waals surface area (Å²) in [6.45, 7) is 0.782. The van der Waals surface area contributed by atoms with Crippen LogP contribution < -0.4 is 0 Å². The van der Waals surface area contributed by atoms with Gasteiger partial charge in [0.1, 0.15) is 0 Å². The van der Waals surface area contributed by atoms with Gasteiger partial charge in [-0.2, -0.15) is 13.2 Å². The molecule has 1 nitrogen and oxygen atoms in total. The summed E-state index contributed by atoms with van der Waals surface area (Å²) >= 11 is 0. The van der Waals surface area contributed by atoms with E-state index < -0.39 is 11.7 Å². The average molecular weight is 319 g/mol. The van der Waals surface area contributed by atoms with Crippen molar-refractivity contribution < 1.29 is 13.2 Å². The minimum Gasteiger partial charge on any atom is -0.309 e. The number of rotatable bonds is 5. The second-order valence-electron chi connectivity index (χ2n) is 5.62. The van der Waals surface area contributed by atoms with Crippen LogP contribution in [0.25, 0.3) is 5.57 Å². The zero-order valence-corrected chi connectivity index (χ0v) is 13.3. The number of halogens is 3. The van der Waals surface area contributed by atoms with E-state index in [2.05, 4.69) is 0 Å². The minimum absolute atomic E-state index is 0.227. The summed E-state index contributed by atoms with van der Waals surface area (Å²) < 4.78 is 40.0. The molecule has 0 amide bonds. The van der Waals surface area contributed by atoms with Crippen molar-refractivity contribution in [3.05, 3.63) is 77.4 Å². The lowest BCUT2D eigenvalue weighted by molar-refractivity contribution is -0.137. The molecule has 0 atom stereocenters. The molecular formula is C19H20F3N. The van der Waals surface area contributed by atoms with Crippen molar-refractivity contribution in [2.45, 2.75) is 12.6 Å². The first-order valence-corrected chi connectivity index (χ1v) is 7.46. The van der Waals surface area contributed by atoms with Crippen molar-refractivity contribution in [3.63, 3.8) is 0 Å². The van der Waals surface area contributed by atoms with Crippen LogP contribution in [0, 0.1) is 0 Å². The largest absolute Gasteiger partial charge is 0.417 e. The fraction of sp³-hybridized carbons (Fsp3) is 0.263. The summed E-state index contributed by atoms with van der Waals surface area (Å²) in [6, 6.07) is 15.0.